The Kier molecular flexibility index (Phi) is 2.18. The van der Waals surface area contributed by atoms with Crippen molar-refractivity contribution in [2.45, 2.75) is 6.92 Å². The second kappa shape index (κ2) is 2.97. The molecule has 0 aromatic carbocycles. The van der Waals surface area contributed by atoms with Gasteiger partial charge in [-0.3, -0.25) is 4.79 Å². The van der Waals surface area contributed by atoms with Crippen molar-refractivity contribution in [3.63, 3.8) is 0 Å². The molecule has 1 atom stereocenters. The summed E-state index contributed by atoms with van der Waals surface area (Å²) in [4.78, 5) is 11.3. The van der Waals surface area contributed by atoms with Crippen LogP contribution >= 0.6 is 0 Å². The fraction of sp³-hybridized carbons (Fsp3) is 0.300. The minimum Gasteiger partial charge on any atom is -0.468 e. The average molecular weight is 164 g/mol. The minimum atomic E-state index is -0.677. The van der Waals surface area contributed by atoms with Crippen molar-refractivity contribution < 1.29 is 9.53 Å². The van der Waals surface area contributed by atoms with Crippen molar-refractivity contribution in [2.75, 3.05) is 7.11 Å². The quantitative estimate of drug-likeness (QED) is 0.553. The topological polar surface area (TPSA) is 26.3 Å². The summed E-state index contributed by atoms with van der Waals surface area (Å²) in [5, 5.41) is 0. The summed E-state index contributed by atoms with van der Waals surface area (Å²) in [5.74, 6) is -0.270. The highest BCUT2D eigenvalue weighted by molar-refractivity contribution is 5.83. The van der Waals surface area contributed by atoms with Gasteiger partial charge in [0.1, 0.15) is 5.41 Å². The van der Waals surface area contributed by atoms with Crippen molar-refractivity contribution in [1.29, 1.82) is 0 Å². The molecule has 64 valence electrons. The molecule has 0 aliphatic heterocycles. The SMILES string of the molecule is C=C1C=CC=CC1(C)C(=O)OC. The first-order valence-electron chi connectivity index (χ1n) is 3.75. The van der Waals surface area contributed by atoms with Gasteiger partial charge in [0.2, 0.25) is 0 Å². The van der Waals surface area contributed by atoms with E-state index in [-0.39, 0.29) is 5.97 Å². The van der Waals surface area contributed by atoms with E-state index in [0.717, 1.165) is 5.57 Å². The predicted molar refractivity (Wildman–Crippen MR) is 47.5 cm³/mol. The van der Waals surface area contributed by atoms with Gasteiger partial charge in [-0.1, -0.05) is 30.9 Å². The maximum Gasteiger partial charge on any atom is 0.319 e. The number of methoxy groups -OCH3 is 1. The smallest absolute Gasteiger partial charge is 0.319 e. The van der Waals surface area contributed by atoms with Crippen LogP contribution in [0.4, 0.5) is 0 Å². The van der Waals surface area contributed by atoms with Gasteiger partial charge >= 0.3 is 5.97 Å². The van der Waals surface area contributed by atoms with Crippen LogP contribution in [0.25, 0.3) is 0 Å². The minimum absolute atomic E-state index is 0.270. The Hall–Kier alpha value is -1.31. The number of rotatable bonds is 1. The van der Waals surface area contributed by atoms with Gasteiger partial charge in [0.15, 0.2) is 0 Å². The Morgan fingerprint density at radius 2 is 2.25 bits per heavy atom. The molecule has 1 unspecified atom stereocenters. The summed E-state index contributed by atoms with van der Waals surface area (Å²) in [5.41, 5.74) is 0.0839. The van der Waals surface area contributed by atoms with Gasteiger partial charge in [-0.05, 0) is 12.5 Å². The molecule has 0 aromatic heterocycles. The van der Waals surface area contributed by atoms with E-state index in [1.807, 2.05) is 18.2 Å². The standard InChI is InChI=1S/C10H12O2/c1-8-6-4-5-7-10(8,2)9(11)12-3/h4-7H,1H2,2-3H3. The Labute approximate surface area is 72.2 Å². The van der Waals surface area contributed by atoms with Gasteiger partial charge < -0.3 is 4.74 Å². The van der Waals surface area contributed by atoms with Gasteiger partial charge in [0.05, 0.1) is 7.11 Å². The van der Waals surface area contributed by atoms with Crippen molar-refractivity contribution in [3.8, 4) is 0 Å². The molecule has 0 saturated heterocycles. The van der Waals surface area contributed by atoms with Crippen LogP contribution in [0.2, 0.25) is 0 Å². The fourth-order valence-corrected chi connectivity index (χ4v) is 1.11. The number of ether oxygens (including phenoxy) is 1. The van der Waals surface area contributed by atoms with Crippen molar-refractivity contribution in [1.82, 2.24) is 0 Å². The highest BCUT2D eigenvalue weighted by Gasteiger charge is 2.34. The van der Waals surface area contributed by atoms with Crippen LogP contribution < -0.4 is 0 Å². The highest BCUT2D eigenvalue weighted by Crippen LogP contribution is 2.32. The summed E-state index contributed by atoms with van der Waals surface area (Å²) in [6.07, 6.45) is 7.29. The van der Waals surface area contributed by atoms with E-state index in [9.17, 15) is 4.79 Å². The Bertz CT molecular complexity index is 274. The Morgan fingerprint density at radius 1 is 1.58 bits per heavy atom. The molecule has 0 aromatic rings. The van der Waals surface area contributed by atoms with Crippen LogP contribution in [0.1, 0.15) is 6.92 Å². The summed E-state index contributed by atoms with van der Waals surface area (Å²) >= 11 is 0. The van der Waals surface area contributed by atoms with Crippen LogP contribution in [-0.2, 0) is 9.53 Å². The number of esters is 1. The fourth-order valence-electron chi connectivity index (χ4n) is 1.11. The number of allylic oxidation sites excluding steroid dienone is 3. The third-order valence-electron chi connectivity index (χ3n) is 2.11. The normalized spacial score (nSPS) is 27.3. The molecule has 1 aliphatic rings. The third-order valence-corrected chi connectivity index (χ3v) is 2.11. The van der Waals surface area contributed by atoms with Crippen molar-refractivity contribution in [2.24, 2.45) is 5.41 Å². The maximum absolute atomic E-state index is 11.3. The summed E-state index contributed by atoms with van der Waals surface area (Å²) in [6.45, 7) is 5.59. The van der Waals surface area contributed by atoms with Gasteiger partial charge in [0, 0.05) is 0 Å². The second-order valence-electron chi connectivity index (χ2n) is 2.94. The number of hydrogen-bond donors (Lipinski definition) is 0. The van der Waals surface area contributed by atoms with Crippen LogP contribution in [0.5, 0.6) is 0 Å². The van der Waals surface area contributed by atoms with Gasteiger partial charge in [-0.25, -0.2) is 0 Å². The molecule has 0 N–H and O–H groups in total. The lowest BCUT2D eigenvalue weighted by atomic mass is 9.80. The molecule has 0 radical (unpaired) electrons. The van der Waals surface area contributed by atoms with Crippen LogP contribution in [-0.4, -0.2) is 13.1 Å². The van der Waals surface area contributed by atoms with Crippen molar-refractivity contribution in [3.05, 3.63) is 36.5 Å². The zero-order chi connectivity index (χ0) is 9.19. The zero-order valence-corrected chi connectivity index (χ0v) is 7.33. The first kappa shape index (κ1) is 8.78. The second-order valence-corrected chi connectivity index (χ2v) is 2.94. The van der Waals surface area contributed by atoms with Crippen LogP contribution in [0, 0.1) is 5.41 Å². The average Bonchev–Trinajstić information content (AvgIpc) is 2.09. The molecule has 0 spiro atoms. The predicted octanol–water partition coefficient (Wildman–Crippen LogP) is 1.85. The summed E-state index contributed by atoms with van der Waals surface area (Å²) in [7, 11) is 1.38. The lowest BCUT2D eigenvalue weighted by Gasteiger charge is -2.25. The number of carbonyl (C=O) groups is 1. The van der Waals surface area contributed by atoms with E-state index >= 15 is 0 Å². The first-order valence-corrected chi connectivity index (χ1v) is 3.75. The number of hydrogen-bond acceptors (Lipinski definition) is 2. The van der Waals surface area contributed by atoms with E-state index in [4.69, 9.17) is 0 Å². The lowest BCUT2D eigenvalue weighted by Crippen LogP contribution is -2.29. The van der Waals surface area contributed by atoms with Crippen LogP contribution in [0.3, 0.4) is 0 Å². The summed E-state index contributed by atoms with van der Waals surface area (Å²) < 4.78 is 4.68. The van der Waals surface area contributed by atoms with Gasteiger partial charge in [-0.15, -0.1) is 0 Å². The van der Waals surface area contributed by atoms with Crippen LogP contribution in [0.15, 0.2) is 36.5 Å². The van der Waals surface area contributed by atoms with Crippen molar-refractivity contribution >= 4 is 5.97 Å². The molecule has 0 saturated carbocycles. The first-order chi connectivity index (χ1) is 5.61. The molecule has 0 amide bonds. The van der Waals surface area contributed by atoms with E-state index in [0.29, 0.717) is 0 Å². The monoisotopic (exact) mass is 164 g/mol. The largest absolute Gasteiger partial charge is 0.468 e. The Morgan fingerprint density at radius 3 is 2.75 bits per heavy atom. The van der Waals surface area contributed by atoms with E-state index < -0.39 is 5.41 Å². The maximum atomic E-state index is 11.3. The lowest BCUT2D eigenvalue weighted by molar-refractivity contribution is -0.146. The molecule has 1 aliphatic carbocycles. The molecular weight excluding hydrogens is 152 g/mol. The molecule has 0 heterocycles. The summed E-state index contributed by atoms with van der Waals surface area (Å²) in [6, 6.07) is 0. The van der Waals surface area contributed by atoms with Gasteiger partial charge in [-0.2, -0.15) is 0 Å². The van der Waals surface area contributed by atoms with E-state index in [1.165, 1.54) is 7.11 Å². The molecule has 12 heavy (non-hydrogen) atoms. The molecule has 0 fully saturated rings. The zero-order valence-electron chi connectivity index (χ0n) is 7.33. The molecule has 2 nitrogen and oxygen atoms in total. The van der Waals surface area contributed by atoms with E-state index in [1.54, 1.807) is 13.0 Å². The Balaban J connectivity index is 2.98. The van der Waals surface area contributed by atoms with Gasteiger partial charge in [0.25, 0.3) is 0 Å². The highest BCUT2D eigenvalue weighted by atomic mass is 16.5. The molecule has 2 heteroatoms. The van der Waals surface area contributed by atoms with E-state index in [2.05, 4.69) is 11.3 Å². The molecule has 0 bridgehead atoms. The number of carbonyl (C=O) groups excluding carboxylic acids is 1. The molecule has 1 rings (SSSR count). The molecular formula is C10H12O2. The third kappa shape index (κ3) is 1.20.